The SMILES string of the molecule is CCCOc1ccc2c(c1-c1ccccc1OC)CC(OCCO)(C(=O)O)C2c1ccc2c(c1)OCO2. The molecule has 5 rings (SSSR count). The first-order valence-electron chi connectivity index (χ1n) is 12.3. The molecule has 1 aliphatic heterocycles. The summed E-state index contributed by atoms with van der Waals surface area (Å²) >= 11 is 0. The molecule has 8 nitrogen and oxygen atoms in total. The van der Waals surface area contributed by atoms with Gasteiger partial charge in [0.05, 0.1) is 26.9 Å². The highest BCUT2D eigenvalue weighted by Gasteiger charge is 2.55. The minimum absolute atomic E-state index is 0.0769. The van der Waals surface area contributed by atoms with Crippen molar-refractivity contribution in [3.63, 3.8) is 0 Å². The standard InChI is InChI=1S/C29H30O8/c1-3-13-34-24-11-9-19-21(26(24)20-6-4-5-7-22(20)33-2)16-29(28(31)32,37-14-12-30)27(19)18-8-10-23-25(15-18)36-17-35-23/h4-11,15,27,30H,3,12-14,16-17H2,1-2H3,(H,31,32). The number of aliphatic carboxylic acids is 1. The highest BCUT2D eigenvalue weighted by Crippen LogP contribution is 2.54. The number of hydrogen-bond donors (Lipinski definition) is 2. The smallest absolute Gasteiger partial charge is 0.337 e. The lowest BCUT2D eigenvalue weighted by Gasteiger charge is -2.32. The van der Waals surface area contributed by atoms with Crippen molar-refractivity contribution in [3.05, 3.63) is 71.3 Å². The normalized spacial score (nSPS) is 19.5. The number of carboxylic acids is 1. The third-order valence-electron chi connectivity index (χ3n) is 6.91. The van der Waals surface area contributed by atoms with Crippen molar-refractivity contribution in [2.24, 2.45) is 0 Å². The number of fused-ring (bicyclic) bond motifs is 2. The van der Waals surface area contributed by atoms with E-state index in [1.807, 2.05) is 55.5 Å². The van der Waals surface area contributed by atoms with Crippen molar-refractivity contribution >= 4 is 5.97 Å². The van der Waals surface area contributed by atoms with E-state index in [0.717, 1.165) is 34.2 Å². The largest absolute Gasteiger partial charge is 0.496 e. The monoisotopic (exact) mass is 506 g/mol. The van der Waals surface area contributed by atoms with Crippen molar-refractivity contribution in [2.75, 3.05) is 33.7 Å². The Balaban J connectivity index is 1.76. The molecule has 0 bridgehead atoms. The van der Waals surface area contributed by atoms with Crippen LogP contribution in [0, 0.1) is 0 Å². The molecule has 2 aliphatic rings. The van der Waals surface area contributed by atoms with Gasteiger partial charge in [0.25, 0.3) is 0 Å². The topological polar surface area (TPSA) is 104 Å². The van der Waals surface area contributed by atoms with Crippen LogP contribution in [-0.2, 0) is 16.0 Å². The van der Waals surface area contributed by atoms with Gasteiger partial charge < -0.3 is 33.9 Å². The van der Waals surface area contributed by atoms with E-state index in [1.54, 1.807) is 13.2 Å². The van der Waals surface area contributed by atoms with Crippen molar-refractivity contribution in [1.29, 1.82) is 0 Å². The molecule has 194 valence electrons. The van der Waals surface area contributed by atoms with E-state index in [-0.39, 0.29) is 26.4 Å². The van der Waals surface area contributed by atoms with E-state index in [4.69, 9.17) is 23.7 Å². The lowest BCUT2D eigenvalue weighted by atomic mass is 9.81. The first kappa shape index (κ1) is 24.9. The van der Waals surface area contributed by atoms with Crippen molar-refractivity contribution in [1.82, 2.24) is 0 Å². The van der Waals surface area contributed by atoms with E-state index in [0.29, 0.717) is 29.6 Å². The van der Waals surface area contributed by atoms with Crippen LogP contribution in [0.3, 0.4) is 0 Å². The number of carbonyl (C=O) groups is 1. The quantitative estimate of drug-likeness (QED) is 0.417. The number of methoxy groups -OCH3 is 1. The highest BCUT2D eigenvalue weighted by molar-refractivity contribution is 5.88. The Morgan fingerprint density at radius 3 is 2.62 bits per heavy atom. The molecule has 0 fully saturated rings. The molecular formula is C29H30O8. The van der Waals surface area contributed by atoms with E-state index in [2.05, 4.69) is 0 Å². The van der Waals surface area contributed by atoms with Crippen LogP contribution in [0.4, 0.5) is 0 Å². The molecular weight excluding hydrogens is 476 g/mol. The van der Waals surface area contributed by atoms with Crippen LogP contribution in [-0.4, -0.2) is 55.5 Å². The maximum absolute atomic E-state index is 13.0. The summed E-state index contributed by atoms with van der Waals surface area (Å²) in [5.74, 6) is 0.688. The number of aliphatic hydroxyl groups is 1. The molecule has 3 aromatic carbocycles. The zero-order valence-corrected chi connectivity index (χ0v) is 20.9. The Morgan fingerprint density at radius 1 is 1.05 bits per heavy atom. The molecule has 0 saturated heterocycles. The van der Waals surface area contributed by atoms with Gasteiger partial charge in [-0.3, -0.25) is 0 Å². The van der Waals surface area contributed by atoms with Crippen LogP contribution in [0.5, 0.6) is 23.0 Å². The zero-order chi connectivity index (χ0) is 26.0. The van der Waals surface area contributed by atoms with Gasteiger partial charge in [-0.15, -0.1) is 0 Å². The summed E-state index contributed by atoms with van der Waals surface area (Å²) < 4.78 is 28.9. The van der Waals surface area contributed by atoms with Crippen molar-refractivity contribution in [2.45, 2.75) is 31.3 Å². The zero-order valence-electron chi connectivity index (χ0n) is 20.9. The molecule has 0 spiro atoms. The third kappa shape index (κ3) is 4.26. The Hall–Kier alpha value is -3.75. The molecule has 2 atom stereocenters. The highest BCUT2D eigenvalue weighted by atomic mass is 16.7. The van der Waals surface area contributed by atoms with Crippen molar-refractivity contribution in [3.8, 4) is 34.1 Å². The second-order valence-corrected chi connectivity index (χ2v) is 9.04. The van der Waals surface area contributed by atoms with Gasteiger partial charge in [0, 0.05) is 23.5 Å². The fourth-order valence-electron chi connectivity index (χ4n) is 5.36. The number of para-hydroxylation sites is 1. The lowest BCUT2D eigenvalue weighted by molar-refractivity contribution is -0.168. The molecule has 0 aromatic heterocycles. The number of rotatable bonds is 10. The van der Waals surface area contributed by atoms with Crippen molar-refractivity contribution < 1.29 is 38.7 Å². The molecule has 1 aliphatic carbocycles. The summed E-state index contributed by atoms with van der Waals surface area (Å²) in [7, 11) is 1.61. The number of aliphatic hydroxyl groups excluding tert-OH is 1. The Kier molecular flexibility index (Phi) is 6.95. The molecule has 3 aromatic rings. The Labute approximate surface area is 215 Å². The average Bonchev–Trinajstić information content (AvgIpc) is 3.52. The molecule has 0 amide bonds. The maximum atomic E-state index is 13.0. The summed E-state index contributed by atoms with van der Waals surface area (Å²) in [6, 6.07) is 16.9. The maximum Gasteiger partial charge on any atom is 0.337 e. The summed E-state index contributed by atoms with van der Waals surface area (Å²) in [4.78, 5) is 13.0. The van der Waals surface area contributed by atoms with Gasteiger partial charge in [-0.1, -0.05) is 37.3 Å². The van der Waals surface area contributed by atoms with E-state index in [1.165, 1.54) is 0 Å². The van der Waals surface area contributed by atoms with Crippen LogP contribution < -0.4 is 18.9 Å². The number of hydrogen-bond acceptors (Lipinski definition) is 7. The Bertz CT molecular complexity index is 1300. The summed E-state index contributed by atoms with van der Waals surface area (Å²) in [6.45, 7) is 2.23. The van der Waals surface area contributed by atoms with E-state index in [9.17, 15) is 15.0 Å². The Morgan fingerprint density at radius 2 is 1.86 bits per heavy atom. The average molecular weight is 507 g/mol. The molecule has 1 heterocycles. The summed E-state index contributed by atoms with van der Waals surface area (Å²) in [6.07, 6.45) is 0.897. The number of carboxylic acid groups (broad SMARTS) is 1. The van der Waals surface area contributed by atoms with Gasteiger partial charge in [-0.2, -0.15) is 0 Å². The predicted molar refractivity (Wildman–Crippen MR) is 136 cm³/mol. The minimum Gasteiger partial charge on any atom is -0.496 e. The van der Waals surface area contributed by atoms with Crippen LogP contribution >= 0.6 is 0 Å². The molecule has 2 N–H and O–H groups in total. The van der Waals surface area contributed by atoms with Gasteiger partial charge in [-0.25, -0.2) is 4.79 Å². The molecule has 37 heavy (non-hydrogen) atoms. The first-order chi connectivity index (χ1) is 18.0. The second-order valence-electron chi connectivity index (χ2n) is 9.04. The fraction of sp³-hybridized carbons (Fsp3) is 0.345. The van der Waals surface area contributed by atoms with Crippen LogP contribution in [0.15, 0.2) is 54.6 Å². The van der Waals surface area contributed by atoms with Crippen LogP contribution in [0.2, 0.25) is 0 Å². The number of ether oxygens (including phenoxy) is 5. The molecule has 8 heteroatoms. The second kappa shape index (κ2) is 10.3. The molecule has 0 radical (unpaired) electrons. The van der Waals surface area contributed by atoms with Gasteiger partial charge in [0.2, 0.25) is 6.79 Å². The number of benzene rings is 3. The fourth-order valence-corrected chi connectivity index (χ4v) is 5.36. The molecule has 2 unspecified atom stereocenters. The van der Waals surface area contributed by atoms with Crippen LogP contribution in [0.25, 0.3) is 11.1 Å². The first-order valence-corrected chi connectivity index (χ1v) is 12.3. The molecule has 0 saturated carbocycles. The van der Waals surface area contributed by atoms with E-state index >= 15 is 0 Å². The lowest BCUT2D eigenvalue weighted by Crippen LogP contribution is -2.46. The van der Waals surface area contributed by atoms with Gasteiger partial charge >= 0.3 is 5.97 Å². The summed E-state index contributed by atoms with van der Waals surface area (Å²) in [5, 5.41) is 20.2. The predicted octanol–water partition coefficient (Wildman–Crippen LogP) is 4.40. The van der Waals surface area contributed by atoms with E-state index < -0.39 is 17.5 Å². The minimum atomic E-state index is -1.65. The summed E-state index contributed by atoms with van der Waals surface area (Å²) in [5.41, 5.74) is 2.27. The van der Waals surface area contributed by atoms with Gasteiger partial charge in [0.1, 0.15) is 11.5 Å². The van der Waals surface area contributed by atoms with Gasteiger partial charge in [-0.05, 0) is 47.4 Å². The van der Waals surface area contributed by atoms with Crippen LogP contribution in [0.1, 0.15) is 36.0 Å². The van der Waals surface area contributed by atoms with Gasteiger partial charge in [0.15, 0.2) is 17.1 Å². The third-order valence-corrected chi connectivity index (χ3v) is 6.91.